The maximum atomic E-state index is 12.9. The molecule has 1 fully saturated rings. The van der Waals surface area contributed by atoms with Crippen LogP contribution < -0.4 is 0 Å². The summed E-state index contributed by atoms with van der Waals surface area (Å²) in [6, 6.07) is 0. The van der Waals surface area contributed by atoms with E-state index in [1.807, 2.05) is 0 Å². The van der Waals surface area contributed by atoms with Crippen molar-refractivity contribution in [1.82, 2.24) is 14.9 Å². The first-order chi connectivity index (χ1) is 10.0. The molecular weight excluding hydrogens is 284 g/mol. The molecule has 0 bridgehead atoms. The minimum Gasteiger partial charge on any atom is -0.478 e. The summed E-state index contributed by atoms with van der Waals surface area (Å²) in [5.74, 6) is -1.36. The highest BCUT2D eigenvalue weighted by Gasteiger charge is 2.27. The number of alkyl halides is 2. The lowest BCUT2D eigenvalue weighted by Crippen LogP contribution is -2.39. The highest BCUT2D eigenvalue weighted by atomic mass is 19.3. The number of aromatic carboxylic acids is 1. The number of hydrogen-bond donors (Lipinski definition) is 1. The molecule has 0 aliphatic carbocycles. The Kier molecular flexibility index (Phi) is 5.13. The summed E-state index contributed by atoms with van der Waals surface area (Å²) in [7, 11) is 0. The standard InChI is InChI=1S/C13H17F2N3O3/c1-2-3-18-4-5-21-9(7-18)12-16-6-8(13(19)20)10(17-12)11(14)15/h6,9,11H,2-5,7H2,1H3,(H,19,20). The van der Waals surface area contributed by atoms with Crippen LogP contribution in [0.5, 0.6) is 0 Å². The molecule has 1 N–H and O–H groups in total. The number of aromatic nitrogens is 2. The van der Waals surface area contributed by atoms with E-state index < -0.39 is 29.8 Å². The van der Waals surface area contributed by atoms with E-state index in [1.165, 1.54) is 0 Å². The fraction of sp³-hybridized carbons (Fsp3) is 0.615. The Labute approximate surface area is 120 Å². The Hall–Kier alpha value is -1.67. The highest BCUT2D eigenvalue weighted by molar-refractivity contribution is 5.88. The van der Waals surface area contributed by atoms with E-state index >= 15 is 0 Å². The fourth-order valence-electron chi connectivity index (χ4n) is 2.27. The number of nitrogens with zero attached hydrogens (tertiary/aromatic N) is 3. The van der Waals surface area contributed by atoms with Gasteiger partial charge >= 0.3 is 5.97 Å². The summed E-state index contributed by atoms with van der Waals surface area (Å²) in [5.41, 5.74) is -1.33. The Balaban J connectivity index is 2.23. The van der Waals surface area contributed by atoms with Crippen LogP contribution in [0.25, 0.3) is 0 Å². The molecule has 2 rings (SSSR count). The van der Waals surface area contributed by atoms with Crippen LogP contribution in [0.3, 0.4) is 0 Å². The van der Waals surface area contributed by atoms with Crippen molar-refractivity contribution in [1.29, 1.82) is 0 Å². The summed E-state index contributed by atoms with van der Waals surface area (Å²) < 4.78 is 31.4. The molecule has 0 amide bonds. The van der Waals surface area contributed by atoms with Crippen LogP contribution in [0.2, 0.25) is 0 Å². The van der Waals surface area contributed by atoms with Gasteiger partial charge in [-0.2, -0.15) is 0 Å². The van der Waals surface area contributed by atoms with Crippen molar-refractivity contribution in [3.05, 3.63) is 23.3 Å². The smallest absolute Gasteiger partial charge is 0.339 e. The number of halogens is 2. The average molecular weight is 301 g/mol. The number of carboxylic acids is 1. The van der Waals surface area contributed by atoms with Crippen molar-refractivity contribution < 1.29 is 23.4 Å². The molecule has 21 heavy (non-hydrogen) atoms. The molecule has 1 atom stereocenters. The largest absolute Gasteiger partial charge is 0.478 e. The van der Waals surface area contributed by atoms with Crippen LogP contribution >= 0.6 is 0 Å². The SMILES string of the molecule is CCCN1CCOC(c2ncc(C(=O)O)c(C(F)F)n2)C1. The summed E-state index contributed by atoms with van der Waals surface area (Å²) in [6.45, 7) is 4.70. The van der Waals surface area contributed by atoms with Gasteiger partial charge in [-0.05, 0) is 13.0 Å². The molecule has 1 saturated heterocycles. The van der Waals surface area contributed by atoms with Gasteiger partial charge in [-0.15, -0.1) is 0 Å². The van der Waals surface area contributed by atoms with E-state index in [4.69, 9.17) is 9.84 Å². The molecule has 0 saturated carbocycles. The first-order valence-electron chi connectivity index (χ1n) is 6.75. The van der Waals surface area contributed by atoms with Crippen LogP contribution in [0.15, 0.2) is 6.20 Å². The number of ether oxygens (including phenoxy) is 1. The Morgan fingerprint density at radius 2 is 2.38 bits per heavy atom. The van der Waals surface area contributed by atoms with Gasteiger partial charge in [0.15, 0.2) is 5.82 Å². The summed E-state index contributed by atoms with van der Waals surface area (Å²) in [5, 5.41) is 8.87. The third kappa shape index (κ3) is 3.70. The molecule has 8 heteroatoms. The third-order valence-corrected chi connectivity index (χ3v) is 3.25. The molecule has 0 spiro atoms. The van der Waals surface area contributed by atoms with Crippen molar-refractivity contribution in [3.63, 3.8) is 0 Å². The molecule has 0 radical (unpaired) electrons. The number of carbonyl (C=O) groups is 1. The zero-order valence-electron chi connectivity index (χ0n) is 11.6. The van der Waals surface area contributed by atoms with Crippen molar-refractivity contribution in [2.24, 2.45) is 0 Å². The van der Waals surface area contributed by atoms with Crippen molar-refractivity contribution in [3.8, 4) is 0 Å². The van der Waals surface area contributed by atoms with E-state index in [0.29, 0.717) is 13.2 Å². The van der Waals surface area contributed by atoms with Crippen LogP contribution in [-0.2, 0) is 4.74 Å². The zero-order chi connectivity index (χ0) is 15.4. The van der Waals surface area contributed by atoms with Crippen molar-refractivity contribution in [2.75, 3.05) is 26.2 Å². The summed E-state index contributed by atoms with van der Waals surface area (Å²) in [6.07, 6.45) is -1.57. The van der Waals surface area contributed by atoms with Gasteiger partial charge in [0.05, 0.1) is 6.61 Å². The van der Waals surface area contributed by atoms with Crippen LogP contribution in [-0.4, -0.2) is 52.2 Å². The van der Waals surface area contributed by atoms with E-state index in [-0.39, 0.29) is 5.82 Å². The second kappa shape index (κ2) is 6.86. The average Bonchev–Trinajstić information content (AvgIpc) is 2.47. The topological polar surface area (TPSA) is 75.5 Å². The third-order valence-electron chi connectivity index (χ3n) is 3.25. The van der Waals surface area contributed by atoms with Gasteiger partial charge in [0, 0.05) is 19.3 Å². The van der Waals surface area contributed by atoms with Gasteiger partial charge in [0.25, 0.3) is 6.43 Å². The second-order valence-corrected chi connectivity index (χ2v) is 4.79. The quantitative estimate of drug-likeness (QED) is 0.895. The van der Waals surface area contributed by atoms with Gasteiger partial charge in [-0.1, -0.05) is 6.92 Å². The van der Waals surface area contributed by atoms with Gasteiger partial charge in [0.2, 0.25) is 0 Å². The molecule has 1 aromatic heterocycles. The maximum Gasteiger partial charge on any atom is 0.339 e. The Morgan fingerprint density at radius 1 is 1.62 bits per heavy atom. The minimum absolute atomic E-state index is 0.108. The molecule has 2 heterocycles. The number of carboxylic acid groups (broad SMARTS) is 1. The Bertz CT molecular complexity index is 511. The predicted molar refractivity (Wildman–Crippen MR) is 69.4 cm³/mol. The first-order valence-corrected chi connectivity index (χ1v) is 6.75. The lowest BCUT2D eigenvalue weighted by atomic mass is 10.2. The molecule has 116 valence electrons. The molecule has 6 nitrogen and oxygen atoms in total. The van der Waals surface area contributed by atoms with Crippen molar-refractivity contribution in [2.45, 2.75) is 25.9 Å². The second-order valence-electron chi connectivity index (χ2n) is 4.79. The fourth-order valence-corrected chi connectivity index (χ4v) is 2.27. The predicted octanol–water partition coefficient (Wildman–Crippen LogP) is 1.90. The van der Waals surface area contributed by atoms with Gasteiger partial charge in [-0.25, -0.2) is 23.5 Å². The lowest BCUT2D eigenvalue weighted by Gasteiger charge is -2.31. The van der Waals surface area contributed by atoms with Crippen LogP contribution in [0.4, 0.5) is 8.78 Å². The first kappa shape index (κ1) is 15.7. The van der Waals surface area contributed by atoms with E-state index in [1.54, 1.807) is 0 Å². The number of hydrogen-bond acceptors (Lipinski definition) is 5. The monoisotopic (exact) mass is 301 g/mol. The molecule has 1 aliphatic heterocycles. The van der Waals surface area contributed by atoms with Gasteiger partial charge in [0.1, 0.15) is 17.4 Å². The molecule has 1 unspecified atom stereocenters. The molecule has 0 aromatic carbocycles. The highest BCUT2D eigenvalue weighted by Crippen LogP contribution is 2.25. The van der Waals surface area contributed by atoms with Crippen LogP contribution in [0, 0.1) is 0 Å². The minimum atomic E-state index is -2.96. The number of rotatable bonds is 5. The number of morpholine rings is 1. The molecule has 1 aromatic rings. The van der Waals surface area contributed by atoms with Crippen LogP contribution in [0.1, 0.15) is 47.8 Å². The summed E-state index contributed by atoms with van der Waals surface area (Å²) >= 11 is 0. The normalized spacial score (nSPS) is 19.9. The molecule has 1 aliphatic rings. The Morgan fingerprint density at radius 3 is 3.00 bits per heavy atom. The van der Waals surface area contributed by atoms with Gasteiger partial charge in [-0.3, -0.25) is 4.90 Å². The van der Waals surface area contributed by atoms with E-state index in [9.17, 15) is 13.6 Å². The van der Waals surface area contributed by atoms with Crippen molar-refractivity contribution >= 4 is 5.97 Å². The van der Waals surface area contributed by atoms with Gasteiger partial charge < -0.3 is 9.84 Å². The molecular formula is C13H17F2N3O3. The zero-order valence-corrected chi connectivity index (χ0v) is 11.6. The maximum absolute atomic E-state index is 12.9. The van der Waals surface area contributed by atoms with E-state index in [2.05, 4.69) is 21.8 Å². The van der Waals surface area contributed by atoms with E-state index in [0.717, 1.165) is 25.7 Å². The lowest BCUT2D eigenvalue weighted by molar-refractivity contribution is -0.0346. The summed E-state index contributed by atoms with van der Waals surface area (Å²) in [4.78, 5) is 20.6.